The summed E-state index contributed by atoms with van der Waals surface area (Å²) in [6.07, 6.45) is 0.870. The molecule has 0 spiro atoms. The van der Waals surface area contributed by atoms with Crippen molar-refractivity contribution >= 4 is 40.7 Å². The minimum absolute atomic E-state index is 0.0398. The van der Waals surface area contributed by atoms with Gasteiger partial charge in [-0.3, -0.25) is 4.79 Å². The Balaban J connectivity index is 1.86. The zero-order valence-corrected chi connectivity index (χ0v) is 17.5. The van der Waals surface area contributed by atoms with E-state index >= 15 is 0 Å². The molecule has 1 heterocycles. The predicted molar refractivity (Wildman–Crippen MR) is 112 cm³/mol. The Bertz CT molecular complexity index is 866. The Morgan fingerprint density at radius 2 is 1.59 bits per heavy atom. The summed E-state index contributed by atoms with van der Waals surface area (Å²) in [5, 5.41) is 5.22. The number of fused-ring (bicyclic) bond motifs is 1. The normalized spacial score (nSPS) is 32.9. The van der Waals surface area contributed by atoms with Crippen LogP contribution in [0.1, 0.15) is 43.2 Å². The SMILES string of the molecule is C[C@H]1C[C@H]2C(=O)N[C@H](C)[C@H]2[C@@H](c2ccc(Cl)cc2)[C@@H]1c1ccc(Cl)cc1Cl. The zero-order valence-electron chi connectivity index (χ0n) is 15.3. The molecule has 0 bridgehead atoms. The highest BCUT2D eigenvalue weighted by Crippen LogP contribution is 2.56. The maximum Gasteiger partial charge on any atom is 0.223 e. The lowest BCUT2D eigenvalue weighted by molar-refractivity contribution is -0.124. The number of hydrogen-bond acceptors (Lipinski definition) is 1. The van der Waals surface area contributed by atoms with Crippen LogP contribution in [0, 0.1) is 17.8 Å². The lowest BCUT2D eigenvalue weighted by atomic mass is 9.58. The summed E-state index contributed by atoms with van der Waals surface area (Å²) in [5.41, 5.74) is 2.32. The van der Waals surface area contributed by atoms with Gasteiger partial charge in [-0.05, 0) is 72.4 Å². The van der Waals surface area contributed by atoms with Crippen molar-refractivity contribution in [1.29, 1.82) is 0 Å². The van der Waals surface area contributed by atoms with E-state index in [0.717, 1.165) is 12.0 Å². The maximum absolute atomic E-state index is 12.6. The molecule has 2 aliphatic rings. The molecule has 1 saturated heterocycles. The van der Waals surface area contributed by atoms with Gasteiger partial charge in [-0.15, -0.1) is 0 Å². The lowest BCUT2D eigenvalue weighted by Crippen LogP contribution is -2.39. The molecular weight excluding hydrogens is 401 g/mol. The number of nitrogens with one attached hydrogen (secondary N) is 1. The summed E-state index contributed by atoms with van der Waals surface area (Å²) >= 11 is 18.9. The highest BCUT2D eigenvalue weighted by atomic mass is 35.5. The number of hydrogen-bond donors (Lipinski definition) is 1. The van der Waals surface area contributed by atoms with Crippen molar-refractivity contribution in [2.75, 3.05) is 0 Å². The predicted octanol–water partition coefficient (Wildman–Crippen LogP) is 6.30. The van der Waals surface area contributed by atoms with Crippen LogP contribution < -0.4 is 5.32 Å². The van der Waals surface area contributed by atoms with Gasteiger partial charge in [0.25, 0.3) is 0 Å². The second-order valence-corrected chi connectivity index (χ2v) is 9.24. The monoisotopic (exact) mass is 421 g/mol. The Labute approximate surface area is 175 Å². The number of rotatable bonds is 2. The number of carbonyl (C=O) groups is 1. The molecule has 6 atom stereocenters. The van der Waals surface area contributed by atoms with Gasteiger partial charge in [0.15, 0.2) is 0 Å². The van der Waals surface area contributed by atoms with Gasteiger partial charge in [-0.2, -0.15) is 0 Å². The molecular formula is C22H22Cl3NO. The molecule has 2 fully saturated rings. The van der Waals surface area contributed by atoms with Crippen molar-refractivity contribution in [1.82, 2.24) is 5.32 Å². The van der Waals surface area contributed by atoms with Crippen LogP contribution in [-0.4, -0.2) is 11.9 Å². The summed E-state index contributed by atoms with van der Waals surface area (Å²) in [6.45, 7) is 4.34. The minimum Gasteiger partial charge on any atom is -0.353 e. The fraction of sp³-hybridized carbons (Fsp3) is 0.409. The second-order valence-electron chi connectivity index (χ2n) is 7.96. The minimum atomic E-state index is 0.0398. The van der Waals surface area contributed by atoms with Crippen LogP contribution in [0.3, 0.4) is 0 Å². The first kappa shape index (κ1) is 19.1. The van der Waals surface area contributed by atoms with Gasteiger partial charge in [-0.1, -0.05) is 59.9 Å². The average Bonchev–Trinajstić information content (AvgIpc) is 2.89. The van der Waals surface area contributed by atoms with Crippen molar-refractivity contribution in [2.45, 2.75) is 38.1 Å². The summed E-state index contributed by atoms with van der Waals surface area (Å²) in [5.74, 6) is 1.17. The van der Waals surface area contributed by atoms with Crippen molar-refractivity contribution in [3.63, 3.8) is 0 Å². The van der Waals surface area contributed by atoms with E-state index in [1.54, 1.807) is 0 Å². The fourth-order valence-corrected chi connectivity index (χ4v) is 5.96. The highest BCUT2D eigenvalue weighted by molar-refractivity contribution is 6.35. The van der Waals surface area contributed by atoms with Crippen molar-refractivity contribution in [3.8, 4) is 0 Å². The highest BCUT2D eigenvalue weighted by Gasteiger charge is 2.52. The lowest BCUT2D eigenvalue weighted by Gasteiger charge is -2.45. The summed E-state index contributed by atoms with van der Waals surface area (Å²) in [6, 6.07) is 13.9. The smallest absolute Gasteiger partial charge is 0.223 e. The van der Waals surface area contributed by atoms with E-state index in [-0.39, 0.29) is 35.6 Å². The molecule has 1 aliphatic heterocycles. The molecule has 0 aromatic heterocycles. The van der Waals surface area contributed by atoms with Gasteiger partial charge in [0, 0.05) is 27.0 Å². The molecule has 2 aromatic carbocycles. The van der Waals surface area contributed by atoms with Crippen LogP contribution in [0.4, 0.5) is 0 Å². The second kappa shape index (κ2) is 7.31. The van der Waals surface area contributed by atoms with Gasteiger partial charge >= 0.3 is 0 Å². The summed E-state index contributed by atoms with van der Waals surface area (Å²) in [4.78, 5) is 12.6. The van der Waals surface area contributed by atoms with E-state index in [9.17, 15) is 4.79 Å². The number of carbonyl (C=O) groups excluding carboxylic acids is 1. The molecule has 2 aromatic rings. The standard InChI is InChI=1S/C22H22Cl3NO/c1-11-9-17-20(12(2)26-22(17)27)21(13-3-5-14(23)6-4-13)19(11)16-8-7-15(24)10-18(16)25/h3-8,10-12,17,19-21H,9H2,1-2H3,(H,26,27)/t11-,12+,17+,19-,20+,21-/m0/s1. The largest absolute Gasteiger partial charge is 0.353 e. The van der Waals surface area contributed by atoms with E-state index in [1.807, 2.05) is 30.3 Å². The molecule has 2 nitrogen and oxygen atoms in total. The zero-order chi connectivity index (χ0) is 19.3. The maximum atomic E-state index is 12.6. The van der Waals surface area contributed by atoms with Gasteiger partial charge in [-0.25, -0.2) is 0 Å². The third-order valence-electron chi connectivity index (χ3n) is 6.37. The first-order chi connectivity index (χ1) is 12.9. The Morgan fingerprint density at radius 1 is 0.926 bits per heavy atom. The van der Waals surface area contributed by atoms with Crippen LogP contribution in [0.2, 0.25) is 15.1 Å². The van der Waals surface area contributed by atoms with E-state index < -0.39 is 0 Å². The first-order valence-electron chi connectivity index (χ1n) is 9.37. The number of amides is 1. The topological polar surface area (TPSA) is 29.1 Å². The van der Waals surface area contributed by atoms with Crippen LogP contribution in [0.5, 0.6) is 0 Å². The van der Waals surface area contributed by atoms with Crippen LogP contribution in [0.15, 0.2) is 42.5 Å². The summed E-state index contributed by atoms with van der Waals surface area (Å²) in [7, 11) is 0. The summed E-state index contributed by atoms with van der Waals surface area (Å²) < 4.78 is 0. The van der Waals surface area contributed by atoms with E-state index in [2.05, 4.69) is 31.3 Å². The molecule has 0 unspecified atom stereocenters. The molecule has 142 valence electrons. The molecule has 0 radical (unpaired) electrons. The molecule has 1 N–H and O–H groups in total. The van der Waals surface area contributed by atoms with Crippen LogP contribution in [0.25, 0.3) is 0 Å². The van der Waals surface area contributed by atoms with E-state index in [1.165, 1.54) is 5.56 Å². The Hall–Kier alpha value is -1.22. The first-order valence-corrected chi connectivity index (χ1v) is 10.5. The number of benzene rings is 2. The fourth-order valence-electron chi connectivity index (χ4n) is 5.30. The average molecular weight is 423 g/mol. The molecule has 1 amide bonds. The molecule has 5 heteroatoms. The van der Waals surface area contributed by atoms with Gasteiger partial charge in [0.05, 0.1) is 0 Å². The van der Waals surface area contributed by atoms with Gasteiger partial charge < -0.3 is 5.32 Å². The van der Waals surface area contributed by atoms with Crippen molar-refractivity contribution in [3.05, 3.63) is 68.7 Å². The van der Waals surface area contributed by atoms with E-state index in [0.29, 0.717) is 21.0 Å². The van der Waals surface area contributed by atoms with Crippen LogP contribution in [-0.2, 0) is 4.79 Å². The molecule has 1 saturated carbocycles. The Morgan fingerprint density at radius 3 is 2.26 bits per heavy atom. The van der Waals surface area contributed by atoms with Gasteiger partial charge in [0.2, 0.25) is 5.91 Å². The molecule has 1 aliphatic carbocycles. The van der Waals surface area contributed by atoms with E-state index in [4.69, 9.17) is 34.8 Å². The number of halogens is 3. The van der Waals surface area contributed by atoms with Crippen molar-refractivity contribution < 1.29 is 4.79 Å². The molecule has 27 heavy (non-hydrogen) atoms. The van der Waals surface area contributed by atoms with Crippen LogP contribution >= 0.6 is 34.8 Å². The van der Waals surface area contributed by atoms with Gasteiger partial charge in [0.1, 0.15) is 0 Å². The Kier molecular flexibility index (Phi) is 5.18. The molecule has 4 rings (SSSR count). The quantitative estimate of drug-likeness (QED) is 0.604. The third kappa shape index (κ3) is 3.37. The third-order valence-corrected chi connectivity index (χ3v) is 7.18. The van der Waals surface area contributed by atoms with Crippen molar-refractivity contribution in [2.24, 2.45) is 17.8 Å².